The van der Waals surface area contributed by atoms with Gasteiger partial charge in [-0.15, -0.1) is 0 Å². The lowest BCUT2D eigenvalue weighted by atomic mass is 9.97. The lowest BCUT2D eigenvalue weighted by molar-refractivity contribution is -0.138. The van der Waals surface area contributed by atoms with Gasteiger partial charge in [-0.1, -0.05) is 53.0 Å². The predicted octanol–water partition coefficient (Wildman–Crippen LogP) is 7.43. The second-order valence-corrected chi connectivity index (χ2v) is 6.82. The van der Waals surface area contributed by atoms with Crippen molar-refractivity contribution in [1.82, 2.24) is 0 Å². The first-order valence-electron chi connectivity index (χ1n) is 7.47. The standard InChI is InChI=1S/C18H10Cl3F5O2/c19-13-6-9(7-14(20)15(13)21)10(16(22)23)3-1-8-2-4-11(17(27)28)12(5-8)18(24,25)26/h1-7,10,16H,(H,27,28). The fraction of sp³-hybridized carbons (Fsp3) is 0.167. The van der Waals surface area contributed by atoms with E-state index in [0.717, 1.165) is 24.3 Å². The van der Waals surface area contributed by atoms with Crippen LogP contribution in [0, 0.1) is 0 Å². The number of hydrogen-bond donors (Lipinski definition) is 1. The molecule has 150 valence electrons. The minimum atomic E-state index is -4.92. The molecule has 28 heavy (non-hydrogen) atoms. The van der Waals surface area contributed by atoms with Crippen molar-refractivity contribution in [2.24, 2.45) is 0 Å². The van der Waals surface area contributed by atoms with E-state index in [0.29, 0.717) is 6.07 Å². The van der Waals surface area contributed by atoms with E-state index >= 15 is 0 Å². The first-order valence-corrected chi connectivity index (χ1v) is 8.60. The molecule has 1 N–H and O–H groups in total. The fourth-order valence-electron chi connectivity index (χ4n) is 2.41. The Morgan fingerprint density at radius 2 is 1.61 bits per heavy atom. The van der Waals surface area contributed by atoms with E-state index in [-0.39, 0.29) is 26.2 Å². The van der Waals surface area contributed by atoms with Crippen molar-refractivity contribution in [2.75, 3.05) is 0 Å². The summed E-state index contributed by atoms with van der Waals surface area (Å²) >= 11 is 17.5. The van der Waals surface area contributed by atoms with E-state index in [9.17, 15) is 26.7 Å². The number of aromatic carboxylic acids is 1. The zero-order chi connectivity index (χ0) is 21.2. The fourth-order valence-corrected chi connectivity index (χ4v) is 3.02. The molecular weight excluding hydrogens is 450 g/mol. The number of carbonyl (C=O) groups is 1. The Morgan fingerprint density at radius 3 is 2.07 bits per heavy atom. The molecule has 0 fully saturated rings. The highest BCUT2D eigenvalue weighted by Gasteiger charge is 2.35. The molecule has 10 heteroatoms. The van der Waals surface area contributed by atoms with Gasteiger partial charge in [0, 0.05) is 0 Å². The Morgan fingerprint density at radius 1 is 1.04 bits per heavy atom. The molecule has 0 amide bonds. The van der Waals surface area contributed by atoms with Gasteiger partial charge >= 0.3 is 12.1 Å². The zero-order valence-corrected chi connectivity index (χ0v) is 15.8. The molecule has 0 heterocycles. The van der Waals surface area contributed by atoms with Gasteiger partial charge in [0.1, 0.15) is 0 Å². The molecule has 0 spiro atoms. The Hall–Kier alpha value is -1.83. The number of rotatable bonds is 5. The summed E-state index contributed by atoms with van der Waals surface area (Å²) in [5, 5.41) is 8.77. The third kappa shape index (κ3) is 5.16. The van der Waals surface area contributed by atoms with Crippen LogP contribution in [0.1, 0.15) is 33.0 Å². The maximum absolute atomic E-state index is 13.5. The van der Waals surface area contributed by atoms with Gasteiger partial charge in [0.15, 0.2) is 0 Å². The summed E-state index contributed by atoms with van der Waals surface area (Å²) in [6.45, 7) is 0. The van der Waals surface area contributed by atoms with Crippen LogP contribution >= 0.6 is 34.8 Å². The van der Waals surface area contributed by atoms with Crippen LogP contribution in [0.2, 0.25) is 15.1 Å². The van der Waals surface area contributed by atoms with E-state index in [1.807, 2.05) is 0 Å². The number of hydrogen-bond acceptors (Lipinski definition) is 1. The molecule has 0 bridgehead atoms. The first kappa shape index (κ1) is 22.5. The number of allylic oxidation sites excluding steroid dienone is 1. The summed E-state index contributed by atoms with van der Waals surface area (Å²) in [6.07, 6.45) is -5.81. The van der Waals surface area contributed by atoms with Gasteiger partial charge in [-0.05, 0) is 35.4 Å². The highest BCUT2D eigenvalue weighted by molar-refractivity contribution is 6.48. The summed E-state index contributed by atoms with van der Waals surface area (Å²) < 4.78 is 66.1. The molecule has 2 aromatic rings. The minimum absolute atomic E-state index is 0.0110. The third-order valence-corrected chi connectivity index (χ3v) is 4.93. The lowest BCUT2D eigenvalue weighted by Gasteiger charge is -2.15. The average Bonchev–Trinajstić information content (AvgIpc) is 2.58. The molecular formula is C18H10Cl3F5O2. The summed E-state index contributed by atoms with van der Waals surface area (Å²) in [5.41, 5.74) is -2.40. The Balaban J connectivity index is 2.45. The summed E-state index contributed by atoms with van der Waals surface area (Å²) in [5.74, 6) is -3.28. The molecule has 0 radical (unpaired) electrons. The number of carboxylic acids is 1. The van der Waals surface area contributed by atoms with Crippen molar-refractivity contribution in [3.05, 3.63) is 73.7 Å². The smallest absolute Gasteiger partial charge is 0.417 e. The SMILES string of the molecule is O=C(O)c1ccc(C=CC(c2cc(Cl)c(Cl)c(Cl)c2)C(F)F)cc1C(F)(F)F. The zero-order valence-electron chi connectivity index (χ0n) is 13.6. The Kier molecular flexibility index (Phi) is 6.96. The van der Waals surface area contributed by atoms with E-state index < -0.39 is 35.6 Å². The largest absolute Gasteiger partial charge is 0.478 e. The quantitative estimate of drug-likeness (QED) is 0.373. The van der Waals surface area contributed by atoms with Crippen LogP contribution < -0.4 is 0 Å². The molecule has 0 aliphatic rings. The van der Waals surface area contributed by atoms with Crippen LogP contribution in [-0.4, -0.2) is 17.5 Å². The van der Waals surface area contributed by atoms with Crippen LogP contribution in [0.3, 0.4) is 0 Å². The van der Waals surface area contributed by atoms with Crippen molar-refractivity contribution >= 4 is 46.8 Å². The highest BCUT2D eigenvalue weighted by Crippen LogP contribution is 2.37. The van der Waals surface area contributed by atoms with Crippen LogP contribution in [-0.2, 0) is 6.18 Å². The van der Waals surface area contributed by atoms with Gasteiger partial charge in [0.2, 0.25) is 6.43 Å². The summed E-state index contributed by atoms with van der Waals surface area (Å²) in [7, 11) is 0. The number of benzene rings is 2. The molecule has 1 atom stereocenters. The van der Waals surface area contributed by atoms with Crippen molar-refractivity contribution in [3.63, 3.8) is 0 Å². The molecule has 1 unspecified atom stereocenters. The minimum Gasteiger partial charge on any atom is -0.478 e. The van der Waals surface area contributed by atoms with Gasteiger partial charge in [0.25, 0.3) is 0 Å². The van der Waals surface area contributed by atoms with Gasteiger partial charge in [0.05, 0.1) is 32.1 Å². The molecule has 0 saturated carbocycles. The lowest BCUT2D eigenvalue weighted by Crippen LogP contribution is -2.13. The number of carboxylic acid groups (broad SMARTS) is 1. The van der Waals surface area contributed by atoms with Gasteiger partial charge in [-0.2, -0.15) is 13.2 Å². The Labute approximate surface area is 171 Å². The van der Waals surface area contributed by atoms with E-state index in [4.69, 9.17) is 39.9 Å². The molecule has 2 nitrogen and oxygen atoms in total. The van der Waals surface area contributed by atoms with E-state index in [1.54, 1.807) is 0 Å². The third-order valence-electron chi connectivity index (χ3n) is 3.74. The van der Waals surface area contributed by atoms with Crippen molar-refractivity contribution < 1.29 is 31.9 Å². The van der Waals surface area contributed by atoms with E-state index in [1.165, 1.54) is 12.1 Å². The van der Waals surface area contributed by atoms with Gasteiger partial charge in [-0.25, -0.2) is 13.6 Å². The van der Waals surface area contributed by atoms with Crippen molar-refractivity contribution in [2.45, 2.75) is 18.5 Å². The monoisotopic (exact) mass is 458 g/mol. The first-order chi connectivity index (χ1) is 12.9. The predicted molar refractivity (Wildman–Crippen MR) is 97.7 cm³/mol. The van der Waals surface area contributed by atoms with Crippen molar-refractivity contribution in [1.29, 1.82) is 0 Å². The van der Waals surface area contributed by atoms with Crippen LogP contribution in [0.4, 0.5) is 22.0 Å². The second kappa shape index (κ2) is 8.68. The van der Waals surface area contributed by atoms with Crippen LogP contribution in [0.5, 0.6) is 0 Å². The summed E-state index contributed by atoms with van der Waals surface area (Å²) in [4.78, 5) is 11.0. The van der Waals surface area contributed by atoms with Crippen molar-refractivity contribution in [3.8, 4) is 0 Å². The summed E-state index contributed by atoms with van der Waals surface area (Å²) in [6, 6.07) is 4.79. The second-order valence-electron chi connectivity index (χ2n) is 5.63. The van der Waals surface area contributed by atoms with E-state index in [2.05, 4.69) is 0 Å². The molecule has 0 aliphatic heterocycles. The maximum Gasteiger partial charge on any atom is 0.417 e. The molecule has 0 aromatic heterocycles. The van der Waals surface area contributed by atoms with Crippen LogP contribution in [0.25, 0.3) is 6.08 Å². The number of halogens is 8. The number of alkyl halides is 5. The Bertz CT molecular complexity index is 903. The average molecular weight is 460 g/mol. The topological polar surface area (TPSA) is 37.3 Å². The van der Waals surface area contributed by atoms with Gasteiger partial charge < -0.3 is 5.11 Å². The van der Waals surface area contributed by atoms with Crippen LogP contribution in [0.15, 0.2) is 36.4 Å². The molecule has 0 saturated heterocycles. The molecule has 2 aromatic carbocycles. The van der Waals surface area contributed by atoms with Gasteiger partial charge in [-0.3, -0.25) is 0 Å². The maximum atomic E-state index is 13.5. The molecule has 2 rings (SSSR count). The highest BCUT2D eigenvalue weighted by atomic mass is 35.5. The molecule has 0 aliphatic carbocycles. The normalized spacial score (nSPS) is 13.3.